The standard InChI is InChI=1S/C10H8BrNO2/c1-14-10-3-2-7(9(13)5-11)4-8(10)6-12/h2-4H,5H2,1H3. The fourth-order valence-electron chi connectivity index (χ4n) is 1.05. The molecular formula is C10H8BrNO2. The molecule has 0 saturated carbocycles. The van der Waals surface area contributed by atoms with E-state index >= 15 is 0 Å². The third kappa shape index (κ3) is 2.12. The second-order valence-electron chi connectivity index (χ2n) is 2.58. The zero-order valence-corrected chi connectivity index (χ0v) is 9.17. The minimum atomic E-state index is -0.0517. The van der Waals surface area contributed by atoms with Crippen molar-refractivity contribution in [1.82, 2.24) is 0 Å². The molecule has 0 amide bonds. The van der Waals surface area contributed by atoms with E-state index in [-0.39, 0.29) is 11.1 Å². The number of nitrogens with zero attached hydrogens (tertiary/aromatic N) is 1. The summed E-state index contributed by atoms with van der Waals surface area (Å²) in [5.41, 5.74) is 0.888. The van der Waals surface area contributed by atoms with Gasteiger partial charge in [-0.15, -0.1) is 0 Å². The Labute approximate surface area is 90.4 Å². The van der Waals surface area contributed by atoms with Crippen LogP contribution in [0.25, 0.3) is 0 Å². The van der Waals surface area contributed by atoms with Crippen molar-refractivity contribution in [2.24, 2.45) is 0 Å². The highest BCUT2D eigenvalue weighted by Crippen LogP contribution is 2.19. The summed E-state index contributed by atoms with van der Waals surface area (Å²) < 4.78 is 4.96. The summed E-state index contributed by atoms with van der Waals surface area (Å²) in [6, 6.07) is 6.77. The van der Waals surface area contributed by atoms with Crippen molar-refractivity contribution in [1.29, 1.82) is 5.26 Å². The fraction of sp³-hybridized carbons (Fsp3) is 0.200. The molecule has 1 rings (SSSR count). The highest BCUT2D eigenvalue weighted by Gasteiger charge is 2.08. The lowest BCUT2D eigenvalue weighted by Gasteiger charge is -2.03. The highest BCUT2D eigenvalue weighted by molar-refractivity contribution is 9.09. The molecule has 0 aromatic heterocycles. The van der Waals surface area contributed by atoms with Gasteiger partial charge in [-0.3, -0.25) is 4.79 Å². The van der Waals surface area contributed by atoms with E-state index in [0.717, 1.165) is 0 Å². The Morgan fingerprint density at radius 2 is 2.36 bits per heavy atom. The highest BCUT2D eigenvalue weighted by atomic mass is 79.9. The Kier molecular flexibility index (Phi) is 3.66. The number of alkyl halides is 1. The van der Waals surface area contributed by atoms with Crippen LogP contribution in [0.3, 0.4) is 0 Å². The lowest BCUT2D eigenvalue weighted by atomic mass is 10.1. The Balaban J connectivity index is 3.15. The van der Waals surface area contributed by atoms with Gasteiger partial charge < -0.3 is 4.74 Å². The summed E-state index contributed by atoms with van der Waals surface area (Å²) >= 11 is 3.07. The van der Waals surface area contributed by atoms with E-state index in [2.05, 4.69) is 15.9 Å². The number of carbonyl (C=O) groups excluding carboxylic acids is 1. The van der Waals surface area contributed by atoms with Crippen LogP contribution in [0.15, 0.2) is 18.2 Å². The SMILES string of the molecule is COc1ccc(C(=O)CBr)cc1C#N. The topological polar surface area (TPSA) is 50.1 Å². The zero-order chi connectivity index (χ0) is 10.6. The van der Waals surface area contributed by atoms with Crippen molar-refractivity contribution in [3.8, 4) is 11.8 Å². The van der Waals surface area contributed by atoms with E-state index < -0.39 is 0 Å². The van der Waals surface area contributed by atoms with Crippen molar-refractivity contribution in [2.45, 2.75) is 0 Å². The van der Waals surface area contributed by atoms with Crippen LogP contribution in [-0.2, 0) is 0 Å². The van der Waals surface area contributed by atoms with Gasteiger partial charge in [0.15, 0.2) is 5.78 Å². The Morgan fingerprint density at radius 3 is 2.86 bits per heavy atom. The molecule has 0 aliphatic heterocycles. The molecule has 4 heteroatoms. The molecule has 0 spiro atoms. The van der Waals surface area contributed by atoms with Crippen LogP contribution >= 0.6 is 15.9 Å². The van der Waals surface area contributed by atoms with Crippen LogP contribution in [0.1, 0.15) is 15.9 Å². The lowest BCUT2D eigenvalue weighted by Crippen LogP contribution is -2.00. The summed E-state index contributed by atoms with van der Waals surface area (Å²) in [7, 11) is 1.49. The first-order valence-electron chi connectivity index (χ1n) is 3.90. The van der Waals surface area contributed by atoms with Crippen LogP contribution < -0.4 is 4.74 Å². The third-order valence-corrected chi connectivity index (χ3v) is 2.27. The summed E-state index contributed by atoms with van der Waals surface area (Å²) in [5, 5.41) is 9.03. The molecule has 0 bridgehead atoms. The molecule has 0 radical (unpaired) electrons. The number of benzene rings is 1. The number of methoxy groups -OCH3 is 1. The number of ketones is 1. The number of hydrogen-bond acceptors (Lipinski definition) is 3. The summed E-state index contributed by atoms with van der Waals surface area (Å²) in [6.45, 7) is 0. The average Bonchev–Trinajstić information content (AvgIpc) is 2.26. The monoisotopic (exact) mass is 253 g/mol. The predicted molar refractivity (Wildman–Crippen MR) is 55.8 cm³/mol. The second kappa shape index (κ2) is 4.77. The van der Waals surface area contributed by atoms with E-state index in [1.807, 2.05) is 6.07 Å². The van der Waals surface area contributed by atoms with Gasteiger partial charge in [0.1, 0.15) is 11.8 Å². The molecule has 0 fully saturated rings. The maximum Gasteiger partial charge on any atom is 0.173 e. The van der Waals surface area contributed by atoms with Gasteiger partial charge in [-0.1, -0.05) is 15.9 Å². The molecule has 0 unspecified atom stereocenters. The maximum atomic E-state index is 11.3. The van der Waals surface area contributed by atoms with E-state index in [4.69, 9.17) is 10.00 Å². The molecule has 72 valence electrons. The number of rotatable bonds is 3. The molecule has 0 saturated heterocycles. The summed E-state index contributed by atoms with van der Waals surface area (Å²) in [6.07, 6.45) is 0. The maximum absolute atomic E-state index is 11.3. The van der Waals surface area contributed by atoms with Gasteiger partial charge in [-0.2, -0.15) is 5.26 Å². The van der Waals surface area contributed by atoms with Gasteiger partial charge in [0.25, 0.3) is 0 Å². The third-order valence-electron chi connectivity index (χ3n) is 1.76. The van der Waals surface area contributed by atoms with Crippen LogP contribution in [0.4, 0.5) is 0 Å². The lowest BCUT2D eigenvalue weighted by molar-refractivity contribution is 0.102. The molecule has 3 nitrogen and oxygen atoms in total. The molecule has 0 N–H and O–H groups in total. The van der Waals surface area contributed by atoms with Gasteiger partial charge in [0.05, 0.1) is 18.0 Å². The number of nitriles is 1. The predicted octanol–water partition coefficient (Wildman–Crippen LogP) is 2.14. The van der Waals surface area contributed by atoms with Gasteiger partial charge in [0, 0.05) is 5.56 Å². The summed E-state index contributed by atoms with van der Waals surface area (Å²) in [4.78, 5) is 11.3. The van der Waals surface area contributed by atoms with Crippen LogP contribution in [0.2, 0.25) is 0 Å². The molecule has 14 heavy (non-hydrogen) atoms. The second-order valence-corrected chi connectivity index (χ2v) is 3.14. The molecule has 1 aromatic rings. The van der Waals surface area contributed by atoms with Crippen molar-refractivity contribution < 1.29 is 9.53 Å². The molecular weight excluding hydrogens is 246 g/mol. The quantitative estimate of drug-likeness (QED) is 0.613. The average molecular weight is 254 g/mol. The van der Waals surface area contributed by atoms with Crippen molar-refractivity contribution in [3.63, 3.8) is 0 Å². The Bertz CT molecular complexity index is 396. The number of halogens is 1. The van der Waals surface area contributed by atoms with Gasteiger partial charge in [-0.25, -0.2) is 0 Å². The smallest absolute Gasteiger partial charge is 0.173 e. The van der Waals surface area contributed by atoms with Crippen molar-refractivity contribution in [3.05, 3.63) is 29.3 Å². The van der Waals surface area contributed by atoms with E-state index in [1.54, 1.807) is 12.1 Å². The normalized spacial score (nSPS) is 9.21. The largest absolute Gasteiger partial charge is 0.495 e. The fourth-order valence-corrected chi connectivity index (χ4v) is 1.37. The minimum absolute atomic E-state index is 0.0517. The molecule has 0 aliphatic carbocycles. The van der Waals surface area contributed by atoms with E-state index in [1.165, 1.54) is 13.2 Å². The number of hydrogen-bond donors (Lipinski definition) is 0. The number of carbonyl (C=O) groups is 1. The van der Waals surface area contributed by atoms with Crippen LogP contribution in [0.5, 0.6) is 5.75 Å². The Morgan fingerprint density at radius 1 is 1.64 bits per heavy atom. The van der Waals surface area contributed by atoms with E-state index in [0.29, 0.717) is 16.9 Å². The number of ether oxygens (including phenoxy) is 1. The first-order valence-corrected chi connectivity index (χ1v) is 5.02. The van der Waals surface area contributed by atoms with Crippen molar-refractivity contribution in [2.75, 3.05) is 12.4 Å². The van der Waals surface area contributed by atoms with Crippen LogP contribution in [-0.4, -0.2) is 18.2 Å². The van der Waals surface area contributed by atoms with Crippen LogP contribution in [0, 0.1) is 11.3 Å². The minimum Gasteiger partial charge on any atom is -0.495 e. The zero-order valence-electron chi connectivity index (χ0n) is 7.58. The number of Topliss-reactive ketones (excluding diaryl/α,β-unsaturated/α-hetero) is 1. The first kappa shape index (κ1) is 10.7. The molecule has 0 heterocycles. The molecule has 0 atom stereocenters. The van der Waals surface area contributed by atoms with Gasteiger partial charge >= 0.3 is 0 Å². The van der Waals surface area contributed by atoms with Gasteiger partial charge in [0.2, 0.25) is 0 Å². The molecule has 1 aromatic carbocycles. The van der Waals surface area contributed by atoms with E-state index in [9.17, 15) is 4.79 Å². The molecule has 0 aliphatic rings. The first-order chi connectivity index (χ1) is 6.72. The summed E-state index contributed by atoms with van der Waals surface area (Å²) in [5.74, 6) is 0.433. The van der Waals surface area contributed by atoms with Gasteiger partial charge in [-0.05, 0) is 18.2 Å². The Hall–Kier alpha value is -1.34. The van der Waals surface area contributed by atoms with Crippen molar-refractivity contribution >= 4 is 21.7 Å².